The summed E-state index contributed by atoms with van der Waals surface area (Å²) in [6, 6.07) is 0. The summed E-state index contributed by atoms with van der Waals surface area (Å²) in [5, 5.41) is 0. The molecule has 1 atom stereocenters. The van der Waals surface area contributed by atoms with Crippen molar-refractivity contribution < 1.29 is 0 Å². The van der Waals surface area contributed by atoms with E-state index in [1.165, 1.54) is 154 Å². The molecule has 28 heavy (non-hydrogen) atoms. The van der Waals surface area contributed by atoms with Gasteiger partial charge in [0.05, 0.1) is 0 Å². The monoisotopic (exact) mass is 410 g/mol. The molecular formula is C27H55P. The Labute approximate surface area is 182 Å². The number of rotatable bonds is 24. The predicted molar refractivity (Wildman–Crippen MR) is 135 cm³/mol. The number of hydrogen-bond donors (Lipinski definition) is 0. The standard InChI is InChI=1S/C27H55P/c1-2-3-4-5-6-7-8-9-10-11-12-13-14-15-16-17-18-19-20-21-22-23-24-25-26-27-28/h26-27H,2-25,28H2,1H3. The van der Waals surface area contributed by atoms with Gasteiger partial charge in [-0.1, -0.05) is 160 Å². The molecule has 0 amide bonds. The first-order valence-electron chi connectivity index (χ1n) is 13.3. The fourth-order valence-corrected chi connectivity index (χ4v) is 4.34. The van der Waals surface area contributed by atoms with Gasteiger partial charge in [0.2, 0.25) is 0 Å². The zero-order valence-electron chi connectivity index (χ0n) is 19.7. The van der Waals surface area contributed by atoms with Crippen molar-refractivity contribution in [2.24, 2.45) is 0 Å². The van der Waals surface area contributed by atoms with Crippen LogP contribution < -0.4 is 0 Å². The molecule has 0 radical (unpaired) electrons. The molecule has 0 nitrogen and oxygen atoms in total. The van der Waals surface area contributed by atoms with Crippen LogP contribution in [0.4, 0.5) is 0 Å². The third kappa shape index (κ3) is 26.2. The lowest BCUT2D eigenvalue weighted by molar-refractivity contribution is 0.518. The highest BCUT2D eigenvalue weighted by atomic mass is 31.0. The Morgan fingerprint density at radius 3 is 0.893 bits per heavy atom. The second-order valence-electron chi connectivity index (χ2n) is 9.00. The van der Waals surface area contributed by atoms with Crippen molar-refractivity contribution >= 4 is 9.24 Å². The Kier molecular flexibility index (Phi) is 27.3. The van der Waals surface area contributed by atoms with Crippen molar-refractivity contribution in [1.82, 2.24) is 0 Å². The highest BCUT2D eigenvalue weighted by Gasteiger charge is 1.95. The number of allylic oxidation sites excluding steroid dienone is 1. The predicted octanol–water partition coefficient (Wildman–Crippen LogP) is 10.8. The molecule has 0 aromatic rings. The summed E-state index contributed by atoms with van der Waals surface area (Å²) < 4.78 is 0. The van der Waals surface area contributed by atoms with E-state index < -0.39 is 0 Å². The normalized spacial score (nSPS) is 11.6. The molecule has 1 heteroatoms. The summed E-state index contributed by atoms with van der Waals surface area (Å²) >= 11 is 0. The molecule has 0 aliphatic carbocycles. The smallest absolute Gasteiger partial charge is 0.0347 e. The largest absolute Gasteiger partial charge is 0.114 e. The maximum atomic E-state index is 2.66. The lowest BCUT2D eigenvalue weighted by Crippen LogP contribution is -1.84. The van der Waals surface area contributed by atoms with Crippen molar-refractivity contribution in [3.8, 4) is 0 Å². The minimum absolute atomic E-state index is 1.27. The Morgan fingerprint density at radius 1 is 0.393 bits per heavy atom. The van der Waals surface area contributed by atoms with Crippen molar-refractivity contribution in [1.29, 1.82) is 0 Å². The molecule has 0 saturated heterocycles. The van der Waals surface area contributed by atoms with Crippen LogP contribution in [0.3, 0.4) is 0 Å². The van der Waals surface area contributed by atoms with Gasteiger partial charge in [-0.15, -0.1) is 9.24 Å². The lowest BCUT2D eigenvalue weighted by atomic mass is 10.0. The van der Waals surface area contributed by atoms with Gasteiger partial charge in [0.1, 0.15) is 0 Å². The van der Waals surface area contributed by atoms with Crippen LogP contribution in [0.1, 0.15) is 161 Å². The van der Waals surface area contributed by atoms with Crippen LogP contribution in [0.25, 0.3) is 0 Å². The molecule has 0 heterocycles. The van der Waals surface area contributed by atoms with Crippen molar-refractivity contribution in [3.05, 3.63) is 11.9 Å². The summed E-state index contributed by atoms with van der Waals surface area (Å²) in [6.07, 6.45) is 37.3. The molecule has 0 aromatic heterocycles. The van der Waals surface area contributed by atoms with Gasteiger partial charge >= 0.3 is 0 Å². The van der Waals surface area contributed by atoms with Gasteiger partial charge in [-0.25, -0.2) is 0 Å². The maximum Gasteiger partial charge on any atom is -0.0347 e. The van der Waals surface area contributed by atoms with Gasteiger partial charge in [0.25, 0.3) is 0 Å². The van der Waals surface area contributed by atoms with E-state index in [-0.39, 0.29) is 0 Å². The van der Waals surface area contributed by atoms with Crippen molar-refractivity contribution in [2.75, 3.05) is 0 Å². The van der Waals surface area contributed by atoms with E-state index in [0.29, 0.717) is 0 Å². The summed E-state index contributed by atoms with van der Waals surface area (Å²) in [7, 11) is 2.66. The molecule has 168 valence electrons. The minimum atomic E-state index is 1.27. The highest BCUT2D eigenvalue weighted by molar-refractivity contribution is 7.20. The first-order chi connectivity index (χ1) is 13.9. The molecule has 0 spiro atoms. The van der Waals surface area contributed by atoms with E-state index in [1.54, 1.807) is 0 Å². The van der Waals surface area contributed by atoms with Crippen LogP contribution in [0.5, 0.6) is 0 Å². The van der Waals surface area contributed by atoms with Gasteiger partial charge < -0.3 is 0 Å². The fourth-order valence-electron chi connectivity index (χ4n) is 4.14. The van der Waals surface area contributed by atoms with E-state index in [2.05, 4.69) is 28.1 Å². The molecule has 0 bridgehead atoms. The molecule has 0 fully saturated rings. The van der Waals surface area contributed by atoms with Crippen LogP contribution in [0.15, 0.2) is 11.9 Å². The van der Waals surface area contributed by atoms with E-state index >= 15 is 0 Å². The average molecular weight is 411 g/mol. The first-order valence-corrected chi connectivity index (χ1v) is 13.9. The van der Waals surface area contributed by atoms with E-state index in [1.807, 2.05) is 0 Å². The SMILES string of the molecule is CCCCCCCCCCCCCCCCCCCCCCCCCC=CP. The Balaban J connectivity index is 2.98. The zero-order chi connectivity index (χ0) is 20.4. The summed E-state index contributed by atoms with van der Waals surface area (Å²) in [4.78, 5) is 0. The van der Waals surface area contributed by atoms with Gasteiger partial charge in [0.15, 0.2) is 0 Å². The topological polar surface area (TPSA) is 0 Å². The Bertz CT molecular complexity index is 284. The van der Waals surface area contributed by atoms with Gasteiger partial charge in [0, 0.05) is 0 Å². The lowest BCUT2D eigenvalue weighted by Gasteiger charge is -2.04. The molecule has 0 aromatic carbocycles. The summed E-state index contributed by atoms with van der Waals surface area (Å²) in [5.74, 6) is 2.10. The second kappa shape index (κ2) is 27.2. The third-order valence-corrected chi connectivity index (χ3v) is 6.38. The molecule has 0 aliphatic rings. The van der Waals surface area contributed by atoms with Crippen LogP contribution in [-0.2, 0) is 0 Å². The van der Waals surface area contributed by atoms with Crippen LogP contribution in [-0.4, -0.2) is 0 Å². The molecule has 0 rings (SSSR count). The molecule has 1 unspecified atom stereocenters. The number of hydrogen-bond acceptors (Lipinski definition) is 0. The summed E-state index contributed by atoms with van der Waals surface area (Å²) in [6.45, 7) is 2.30. The number of unbranched alkanes of at least 4 members (excludes halogenated alkanes) is 23. The first kappa shape index (κ1) is 28.2. The van der Waals surface area contributed by atoms with Crippen molar-refractivity contribution in [2.45, 2.75) is 161 Å². The van der Waals surface area contributed by atoms with E-state index in [4.69, 9.17) is 0 Å². The molecule has 0 N–H and O–H groups in total. The van der Waals surface area contributed by atoms with Gasteiger partial charge in [-0.05, 0) is 12.8 Å². The van der Waals surface area contributed by atoms with Crippen LogP contribution >= 0.6 is 9.24 Å². The average Bonchev–Trinajstić information content (AvgIpc) is 2.71. The highest BCUT2D eigenvalue weighted by Crippen LogP contribution is 2.15. The Hall–Kier alpha value is 0.170. The quantitative estimate of drug-likeness (QED) is 0.110. The van der Waals surface area contributed by atoms with Gasteiger partial charge in [-0.3, -0.25) is 0 Å². The minimum Gasteiger partial charge on any atom is -0.114 e. The van der Waals surface area contributed by atoms with Crippen molar-refractivity contribution in [3.63, 3.8) is 0 Å². The van der Waals surface area contributed by atoms with Crippen LogP contribution in [0, 0.1) is 0 Å². The maximum absolute atomic E-state index is 2.66. The van der Waals surface area contributed by atoms with Gasteiger partial charge in [-0.2, -0.15) is 0 Å². The van der Waals surface area contributed by atoms with Crippen LogP contribution in [0.2, 0.25) is 0 Å². The third-order valence-electron chi connectivity index (χ3n) is 6.11. The fraction of sp³-hybridized carbons (Fsp3) is 0.926. The second-order valence-corrected chi connectivity index (χ2v) is 9.38. The molecule has 0 saturated carbocycles. The van der Waals surface area contributed by atoms with E-state index in [0.717, 1.165) is 0 Å². The molecule has 0 aliphatic heterocycles. The van der Waals surface area contributed by atoms with E-state index in [9.17, 15) is 0 Å². The summed E-state index contributed by atoms with van der Waals surface area (Å²) in [5.41, 5.74) is 0. The Morgan fingerprint density at radius 2 is 0.643 bits per heavy atom. The molecular weight excluding hydrogens is 355 g/mol. The zero-order valence-corrected chi connectivity index (χ0v) is 20.9.